The summed E-state index contributed by atoms with van der Waals surface area (Å²) in [7, 11) is 0. The van der Waals surface area contributed by atoms with Crippen LogP contribution in [0, 0.1) is 0 Å². The summed E-state index contributed by atoms with van der Waals surface area (Å²) in [5.74, 6) is -1.42. The third-order valence-corrected chi connectivity index (χ3v) is 3.01. The van der Waals surface area contributed by atoms with Crippen LogP contribution in [0.5, 0.6) is 0 Å². The molecule has 4 nitrogen and oxygen atoms in total. The largest absolute Gasteiger partial charge is 0.480 e. The molecular weight excluding hydrogens is 278 g/mol. The first-order valence-corrected chi connectivity index (χ1v) is 6.87. The van der Waals surface area contributed by atoms with E-state index < -0.39 is 17.9 Å². The summed E-state index contributed by atoms with van der Waals surface area (Å²) in [6.07, 6.45) is 5.03. The molecular formula is C15H18ClNO3. The molecule has 108 valence electrons. The molecule has 0 aromatic heterocycles. The van der Waals surface area contributed by atoms with Gasteiger partial charge in [-0.15, -0.1) is 0 Å². The van der Waals surface area contributed by atoms with Crippen molar-refractivity contribution in [3.63, 3.8) is 0 Å². The predicted molar refractivity (Wildman–Crippen MR) is 79.6 cm³/mol. The Morgan fingerprint density at radius 3 is 2.55 bits per heavy atom. The van der Waals surface area contributed by atoms with Gasteiger partial charge in [0.25, 0.3) is 0 Å². The number of hydrogen-bond donors (Lipinski definition) is 2. The average molecular weight is 296 g/mol. The number of amides is 1. The van der Waals surface area contributed by atoms with Crippen molar-refractivity contribution in [2.45, 2.75) is 32.2 Å². The Kier molecular flexibility index (Phi) is 6.81. The second-order valence-electron chi connectivity index (χ2n) is 4.43. The molecule has 0 radical (unpaired) electrons. The van der Waals surface area contributed by atoms with Crippen molar-refractivity contribution < 1.29 is 14.7 Å². The minimum Gasteiger partial charge on any atom is -0.480 e. The highest BCUT2D eigenvalue weighted by Crippen LogP contribution is 2.10. The van der Waals surface area contributed by atoms with Crippen molar-refractivity contribution in [3.05, 3.63) is 40.9 Å². The molecule has 0 saturated carbocycles. The van der Waals surface area contributed by atoms with E-state index in [1.165, 1.54) is 6.08 Å². The number of benzene rings is 1. The standard InChI is InChI=1S/C15H18ClNO3/c1-2-3-4-13(15(19)20)17-14(18)10-7-11-5-8-12(16)9-6-11/h5-10,13H,2-4H2,1H3,(H,17,18)(H,19,20)/b10-7+. The molecule has 0 aliphatic rings. The Balaban J connectivity index is 2.56. The van der Waals surface area contributed by atoms with Gasteiger partial charge in [-0.1, -0.05) is 43.5 Å². The number of carbonyl (C=O) groups excluding carboxylic acids is 1. The lowest BCUT2D eigenvalue weighted by Gasteiger charge is -2.12. The van der Waals surface area contributed by atoms with Crippen molar-refractivity contribution >= 4 is 29.6 Å². The molecule has 0 aliphatic heterocycles. The Morgan fingerprint density at radius 1 is 1.35 bits per heavy atom. The van der Waals surface area contributed by atoms with Crippen LogP contribution in [0.25, 0.3) is 6.08 Å². The molecule has 20 heavy (non-hydrogen) atoms. The Labute approximate surface area is 123 Å². The van der Waals surface area contributed by atoms with Crippen LogP contribution >= 0.6 is 11.6 Å². The molecule has 0 bridgehead atoms. The molecule has 1 aromatic carbocycles. The van der Waals surface area contributed by atoms with Gasteiger partial charge >= 0.3 is 5.97 Å². The lowest BCUT2D eigenvalue weighted by molar-refractivity contribution is -0.141. The fraction of sp³-hybridized carbons (Fsp3) is 0.333. The Bertz CT molecular complexity index is 482. The summed E-state index contributed by atoms with van der Waals surface area (Å²) in [4.78, 5) is 22.7. The second-order valence-corrected chi connectivity index (χ2v) is 4.86. The van der Waals surface area contributed by atoms with Gasteiger partial charge in [0.2, 0.25) is 5.91 Å². The molecule has 5 heteroatoms. The molecule has 0 fully saturated rings. The van der Waals surface area contributed by atoms with Crippen molar-refractivity contribution in [2.24, 2.45) is 0 Å². The first kappa shape index (κ1) is 16.2. The molecule has 1 atom stereocenters. The lowest BCUT2D eigenvalue weighted by Crippen LogP contribution is -2.39. The highest BCUT2D eigenvalue weighted by atomic mass is 35.5. The third-order valence-electron chi connectivity index (χ3n) is 2.76. The molecule has 2 N–H and O–H groups in total. The zero-order valence-corrected chi connectivity index (χ0v) is 12.1. The van der Waals surface area contributed by atoms with Gasteiger partial charge in [-0.2, -0.15) is 0 Å². The third kappa shape index (κ3) is 5.89. The number of carboxylic acid groups (broad SMARTS) is 1. The summed E-state index contributed by atoms with van der Waals surface area (Å²) in [5.41, 5.74) is 0.824. The van der Waals surface area contributed by atoms with Crippen LogP contribution in [-0.2, 0) is 9.59 Å². The van der Waals surface area contributed by atoms with Crippen molar-refractivity contribution in [3.8, 4) is 0 Å². The van der Waals surface area contributed by atoms with Crippen LogP contribution in [0.15, 0.2) is 30.3 Å². The van der Waals surface area contributed by atoms with E-state index in [0.29, 0.717) is 11.4 Å². The average Bonchev–Trinajstić information content (AvgIpc) is 2.42. The predicted octanol–water partition coefficient (Wildman–Crippen LogP) is 3.11. The van der Waals surface area contributed by atoms with Gasteiger partial charge in [0, 0.05) is 11.1 Å². The van der Waals surface area contributed by atoms with E-state index in [1.807, 2.05) is 6.92 Å². The van der Waals surface area contributed by atoms with Crippen LogP contribution in [0.2, 0.25) is 5.02 Å². The highest BCUT2D eigenvalue weighted by Gasteiger charge is 2.17. The summed E-state index contributed by atoms with van der Waals surface area (Å²) in [6, 6.07) is 6.16. The van der Waals surface area contributed by atoms with Gasteiger partial charge in [0.05, 0.1) is 0 Å². The molecule has 1 rings (SSSR count). The molecule has 0 heterocycles. The summed E-state index contributed by atoms with van der Waals surface area (Å²) < 4.78 is 0. The van der Waals surface area contributed by atoms with E-state index >= 15 is 0 Å². The molecule has 0 aliphatic carbocycles. The van der Waals surface area contributed by atoms with Crippen LogP contribution in [-0.4, -0.2) is 23.0 Å². The number of aliphatic carboxylic acids is 1. The zero-order valence-electron chi connectivity index (χ0n) is 11.3. The van der Waals surface area contributed by atoms with Crippen LogP contribution in [0.4, 0.5) is 0 Å². The molecule has 1 amide bonds. The van der Waals surface area contributed by atoms with E-state index in [-0.39, 0.29) is 0 Å². The maximum atomic E-state index is 11.7. The second kappa shape index (κ2) is 8.38. The number of hydrogen-bond acceptors (Lipinski definition) is 2. The molecule has 0 saturated heterocycles. The number of carboxylic acids is 1. The number of halogens is 1. The van der Waals surface area contributed by atoms with Gasteiger partial charge in [-0.05, 0) is 30.2 Å². The fourth-order valence-corrected chi connectivity index (χ4v) is 1.76. The van der Waals surface area contributed by atoms with E-state index in [1.54, 1.807) is 30.3 Å². The Morgan fingerprint density at radius 2 is 2.00 bits per heavy atom. The first-order valence-electron chi connectivity index (χ1n) is 6.50. The van der Waals surface area contributed by atoms with Crippen LogP contribution in [0.1, 0.15) is 31.7 Å². The smallest absolute Gasteiger partial charge is 0.326 e. The number of nitrogens with one attached hydrogen (secondary N) is 1. The molecule has 0 spiro atoms. The normalized spacial score (nSPS) is 12.3. The maximum absolute atomic E-state index is 11.7. The summed E-state index contributed by atoms with van der Waals surface area (Å²) in [6.45, 7) is 1.97. The van der Waals surface area contributed by atoms with E-state index in [9.17, 15) is 9.59 Å². The number of unbranched alkanes of at least 4 members (excludes halogenated alkanes) is 1. The van der Waals surface area contributed by atoms with Gasteiger partial charge < -0.3 is 10.4 Å². The summed E-state index contributed by atoms with van der Waals surface area (Å²) >= 11 is 5.76. The quantitative estimate of drug-likeness (QED) is 0.760. The zero-order chi connectivity index (χ0) is 15.0. The topological polar surface area (TPSA) is 66.4 Å². The Hall–Kier alpha value is -1.81. The highest BCUT2D eigenvalue weighted by molar-refractivity contribution is 6.30. The van der Waals surface area contributed by atoms with E-state index in [4.69, 9.17) is 16.7 Å². The fourth-order valence-electron chi connectivity index (χ4n) is 1.63. The van der Waals surface area contributed by atoms with Crippen LogP contribution < -0.4 is 5.32 Å². The number of carbonyl (C=O) groups is 2. The lowest BCUT2D eigenvalue weighted by atomic mass is 10.1. The van der Waals surface area contributed by atoms with Gasteiger partial charge in [0.1, 0.15) is 6.04 Å². The monoisotopic (exact) mass is 295 g/mol. The van der Waals surface area contributed by atoms with Gasteiger partial charge in [-0.3, -0.25) is 4.79 Å². The number of rotatable bonds is 7. The van der Waals surface area contributed by atoms with Crippen molar-refractivity contribution in [1.82, 2.24) is 5.32 Å². The minimum atomic E-state index is -1.01. The van der Waals surface area contributed by atoms with E-state index in [2.05, 4.69) is 5.32 Å². The summed E-state index contributed by atoms with van der Waals surface area (Å²) in [5, 5.41) is 12.1. The molecule has 1 aromatic rings. The van der Waals surface area contributed by atoms with Crippen molar-refractivity contribution in [2.75, 3.05) is 0 Å². The van der Waals surface area contributed by atoms with E-state index in [0.717, 1.165) is 18.4 Å². The minimum absolute atomic E-state index is 0.413. The van der Waals surface area contributed by atoms with Crippen molar-refractivity contribution in [1.29, 1.82) is 0 Å². The van der Waals surface area contributed by atoms with Gasteiger partial charge in [0.15, 0.2) is 0 Å². The maximum Gasteiger partial charge on any atom is 0.326 e. The van der Waals surface area contributed by atoms with Crippen LogP contribution in [0.3, 0.4) is 0 Å². The molecule has 1 unspecified atom stereocenters. The first-order chi connectivity index (χ1) is 9.52. The van der Waals surface area contributed by atoms with Gasteiger partial charge in [-0.25, -0.2) is 4.79 Å². The SMILES string of the molecule is CCCCC(NC(=O)/C=C/c1ccc(Cl)cc1)C(=O)O.